The molecule has 0 heterocycles. The van der Waals surface area contributed by atoms with Crippen LogP contribution in [0.5, 0.6) is 0 Å². The molecular weight excluding hydrogens is 333 g/mol. The van der Waals surface area contributed by atoms with Crippen molar-refractivity contribution < 1.29 is 18.0 Å². The van der Waals surface area contributed by atoms with Crippen molar-refractivity contribution in [3.8, 4) is 0 Å². The van der Waals surface area contributed by atoms with E-state index in [0.717, 1.165) is 12.1 Å². The molecule has 0 aromatic heterocycles. The molecule has 1 rings (SSSR count). The summed E-state index contributed by atoms with van der Waals surface area (Å²) in [6.07, 6.45) is -4.33. The average molecular weight is 358 g/mol. The number of hydrogen-bond acceptors (Lipinski definition) is 2. The molecule has 1 amide bonds. The van der Waals surface area contributed by atoms with Crippen LogP contribution >= 0.6 is 0 Å². The van der Waals surface area contributed by atoms with Crippen LogP contribution in [0.4, 0.5) is 13.2 Å². The minimum atomic E-state index is -4.33. The minimum Gasteiger partial charge on any atom is -0.355 e. The monoisotopic (exact) mass is 358 g/mol. The van der Waals surface area contributed by atoms with Gasteiger partial charge in [-0.15, -0.1) is 0 Å². The van der Waals surface area contributed by atoms with Crippen molar-refractivity contribution in [1.29, 1.82) is 0 Å². The smallest absolute Gasteiger partial charge is 0.355 e. The van der Waals surface area contributed by atoms with Crippen LogP contribution < -0.4 is 16.0 Å². The topological polar surface area (TPSA) is 65.5 Å². The SMILES string of the molecule is CN=C(NCCNC(=O)C(C)(C)C)NCc1ccc(C(F)(F)F)cc1. The summed E-state index contributed by atoms with van der Waals surface area (Å²) < 4.78 is 37.6. The van der Waals surface area contributed by atoms with Crippen LogP contribution in [0.1, 0.15) is 31.9 Å². The van der Waals surface area contributed by atoms with E-state index < -0.39 is 17.2 Å². The van der Waals surface area contributed by atoms with Crippen molar-refractivity contribution in [2.45, 2.75) is 33.5 Å². The number of halogens is 3. The van der Waals surface area contributed by atoms with Gasteiger partial charge in [0.2, 0.25) is 5.91 Å². The highest BCUT2D eigenvalue weighted by Gasteiger charge is 2.29. The molecule has 5 nitrogen and oxygen atoms in total. The third-order valence-electron chi connectivity index (χ3n) is 3.35. The second-order valence-corrected chi connectivity index (χ2v) is 6.55. The van der Waals surface area contributed by atoms with Gasteiger partial charge in [-0.25, -0.2) is 0 Å². The zero-order valence-electron chi connectivity index (χ0n) is 14.9. The fourth-order valence-electron chi connectivity index (χ4n) is 1.84. The van der Waals surface area contributed by atoms with E-state index in [9.17, 15) is 18.0 Å². The van der Waals surface area contributed by atoms with Crippen LogP contribution in [-0.4, -0.2) is 32.0 Å². The van der Waals surface area contributed by atoms with Crippen molar-refractivity contribution in [3.05, 3.63) is 35.4 Å². The second-order valence-electron chi connectivity index (χ2n) is 6.55. The first-order valence-corrected chi connectivity index (χ1v) is 7.93. The summed E-state index contributed by atoms with van der Waals surface area (Å²) in [5, 5.41) is 8.84. The van der Waals surface area contributed by atoms with Crippen molar-refractivity contribution >= 4 is 11.9 Å². The molecule has 0 spiro atoms. The zero-order chi connectivity index (χ0) is 19.1. The van der Waals surface area contributed by atoms with E-state index in [1.807, 2.05) is 20.8 Å². The average Bonchev–Trinajstić information content (AvgIpc) is 2.52. The third-order valence-corrected chi connectivity index (χ3v) is 3.35. The number of carbonyl (C=O) groups is 1. The van der Waals surface area contributed by atoms with E-state index in [1.54, 1.807) is 7.05 Å². The number of nitrogens with zero attached hydrogens (tertiary/aromatic N) is 1. The first kappa shape index (κ1) is 20.8. The van der Waals surface area contributed by atoms with Crippen molar-refractivity contribution in [1.82, 2.24) is 16.0 Å². The molecule has 0 radical (unpaired) electrons. The van der Waals surface area contributed by atoms with E-state index in [4.69, 9.17) is 0 Å². The number of nitrogens with one attached hydrogen (secondary N) is 3. The van der Waals surface area contributed by atoms with Gasteiger partial charge in [-0.05, 0) is 17.7 Å². The molecule has 25 heavy (non-hydrogen) atoms. The molecule has 0 bridgehead atoms. The number of hydrogen-bond donors (Lipinski definition) is 3. The molecule has 0 saturated heterocycles. The quantitative estimate of drug-likeness (QED) is 0.431. The molecule has 3 N–H and O–H groups in total. The number of rotatable bonds is 5. The third kappa shape index (κ3) is 7.45. The summed E-state index contributed by atoms with van der Waals surface area (Å²) in [5.74, 6) is 0.465. The Labute approximate surface area is 146 Å². The number of aliphatic imine (C=N–C) groups is 1. The van der Waals surface area contributed by atoms with Crippen LogP contribution in [0, 0.1) is 5.41 Å². The van der Waals surface area contributed by atoms with Gasteiger partial charge in [-0.2, -0.15) is 13.2 Å². The first-order valence-electron chi connectivity index (χ1n) is 7.93. The highest BCUT2D eigenvalue weighted by Crippen LogP contribution is 2.28. The Hall–Kier alpha value is -2.25. The Morgan fingerprint density at radius 1 is 1.00 bits per heavy atom. The number of carbonyl (C=O) groups excluding carboxylic acids is 1. The summed E-state index contributed by atoms with van der Waals surface area (Å²) in [6.45, 7) is 6.76. The molecule has 0 aliphatic heterocycles. The van der Waals surface area contributed by atoms with E-state index in [-0.39, 0.29) is 5.91 Å². The molecule has 0 unspecified atom stereocenters. The van der Waals surface area contributed by atoms with Crippen LogP contribution in [0.15, 0.2) is 29.3 Å². The van der Waals surface area contributed by atoms with Gasteiger partial charge >= 0.3 is 6.18 Å². The second kappa shape index (κ2) is 8.73. The minimum absolute atomic E-state index is 0.0398. The Morgan fingerprint density at radius 2 is 1.56 bits per heavy atom. The Bertz CT molecular complexity index is 589. The van der Waals surface area contributed by atoms with Gasteiger partial charge in [0.1, 0.15) is 0 Å². The Kier molecular flexibility index (Phi) is 7.26. The van der Waals surface area contributed by atoms with Gasteiger partial charge < -0.3 is 16.0 Å². The van der Waals surface area contributed by atoms with Gasteiger partial charge in [0.15, 0.2) is 5.96 Å². The molecule has 1 aromatic carbocycles. The highest BCUT2D eigenvalue weighted by atomic mass is 19.4. The van der Waals surface area contributed by atoms with Crippen molar-refractivity contribution in [3.63, 3.8) is 0 Å². The van der Waals surface area contributed by atoms with Gasteiger partial charge in [0.25, 0.3) is 0 Å². The first-order chi connectivity index (χ1) is 11.5. The normalized spacial score (nSPS) is 12.7. The van der Waals surface area contributed by atoms with Gasteiger partial charge in [0, 0.05) is 32.1 Å². The van der Waals surface area contributed by atoms with Crippen LogP contribution in [0.25, 0.3) is 0 Å². The van der Waals surface area contributed by atoms with E-state index >= 15 is 0 Å². The van der Waals surface area contributed by atoms with E-state index in [2.05, 4.69) is 20.9 Å². The molecule has 0 atom stereocenters. The van der Waals surface area contributed by atoms with Gasteiger partial charge in [0.05, 0.1) is 5.56 Å². The summed E-state index contributed by atoms with van der Waals surface area (Å²) in [7, 11) is 1.59. The van der Waals surface area contributed by atoms with Crippen LogP contribution in [0.3, 0.4) is 0 Å². The molecule has 0 saturated carbocycles. The standard InChI is InChI=1S/C17H25F3N4O/c1-16(2,3)14(25)22-9-10-23-15(21-4)24-11-12-5-7-13(8-6-12)17(18,19)20/h5-8H,9-11H2,1-4H3,(H,22,25)(H2,21,23,24). The fourth-order valence-corrected chi connectivity index (χ4v) is 1.84. The lowest BCUT2D eigenvalue weighted by atomic mass is 9.96. The number of alkyl halides is 3. The zero-order valence-corrected chi connectivity index (χ0v) is 14.9. The number of guanidine groups is 1. The molecule has 140 valence electrons. The maximum Gasteiger partial charge on any atom is 0.416 e. The predicted octanol–water partition coefficient (Wildman–Crippen LogP) is 2.53. The largest absolute Gasteiger partial charge is 0.416 e. The highest BCUT2D eigenvalue weighted by molar-refractivity contribution is 5.81. The lowest BCUT2D eigenvalue weighted by Gasteiger charge is -2.18. The van der Waals surface area contributed by atoms with Crippen molar-refractivity contribution in [2.24, 2.45) is 10.4 Å². The maximum absolute atomic E-state index is 12.5. The predicted molar refractivity (Wildman–Crippen MR) is 92.1 cm³/mol. The summed E-state index contributed by atoms with van der Waals surface area (Å²) in [4.78, 5) is 15.7. The number of benzene rings is 1. The fraction of sp³-hybridized carbons (Fsp3) is 0.529. The van der Waals surface area contributed by atoms with E-state index in [0.29, 0.717) is 31.2 Å². The van der Waals surface area contributed by atoms with Gasteiger partial charge in [-0.3, -0.25) is 9.79 Å². The summed E-state index contributed by atoms with van der Waals surface area (Å²) in [6, 6.07) is 4.95. The molecular formula is C17H25F3N4O. The van der Waals surface area contributed by atoms with Crippen LogP contribution in [0.2, 0.25) is 0 Å². The molecule has 0 aliphatic carbocycles. The van der Waals surface area contributed by atoms with E-state index in [1.165, 1.54) is 12.1 Å². The lowest BCUT2D eigenvalue weighted by molar-refractivity contribution is -0.137. The molecule has 0 fully saturated rings. The maximum atomic E-state index is 12.5. The Balaban J connectivity index is 2.39. The summed E-state index contributed by atoms with van der Waals surface area (Å²) >= 11 is 0. The lowest BCUT2D eigenvalue weighted by Crippen LogP contribution is -2.43. The Morgan fingerprint density at radius 3 is 2.04 bits per heavy atom. The van der Waals surface area contributed by atoms with Crippen molar-refractivity contribution in [2.75, 3.05) is 20.1 Å². The molecule has 8 heteroatoms. The summed E-state index contributed by atoms with van der Waals surface area (Å²) in [5.41, 5.74) is -0.409. The van der Waals surface area contributed by atoms with Gasteiger partial charge in [-0.1, -0.05) is 32.9 Å². The number of amides is 1. The van der Waals surface area contributed by atoms with Crippen LogP contribution in [-0.2, 0) is 17.5 Å². The molecule has 0 aliphatic rings. The molecule has 1 aromatic rings.